The molecule has 1 unspecified atom stereocenters. The van der Waals surface area contributed by atoms with E-state index in [2.05, 4.69) is 20.4 Å². The zero-order valence-corrected chi connectivity index (χ0v) is 19.7. The third kappa shape index (κ3) is 5.43. The Bertz CT molecular complexity index is 1260. The standard InChI is InChI=1S/C25H25F2N5OS/c1-15(9-10-26)34-18-6-4-17(5-7-18)22-14-30-25(28)24(31-22)23-12-21(32-33-23)19-8-3-16(13-29-2)11-20(19)27/h3-8,11-12,14-15,29H,9-10,13H2,1-2H3,(H2,28,30). The van der Waals surface area contributed by atoms with Gasteiger partial charge in [-0.3, -0.25) is 4.39 Å². The molecule has 1 atom stereocenters. The number of thioether (sulfide) groups is 1. The van der Waals surface area contributed by atoms with Gasteiger partial charge in [0.05, 0.1) is 18.6 Å². The van der Waals surface area contributed by atoms with Crippen molar-refractivity contribution in [3.63, 3.8) is 0 Å². The van der Waals surface area contributed by atoms with Crippen LogP contribution in [0.1, 0.15) is 18.9 Å². The van der Waals surface area contributed by atoms with Gasteiger partial charge in [-0.1, -0.05) is 30.3 Å². The van der Waals surface area contributed by atoms with Gasteiger partial charge in [0.15, 0.2) is 17.3 Å². The first-order valence-corrected chi connectivity index (χ1v) is 11.7. The first kappa shape index (κ1) is 23.8. The van der Waals surface area contributed by atoms with E-state index >= 15 is 0 Å². The number of rotatable bonds is 9. The first-order valence-electron chi connectivity index (χ1n) is 10.8. The normalized spacial score (nSPS) is 12.1. The number of anilines is 1. The molecule has 4 aromatic rings. The lowest BCUT2D eigenvalue weighted by molar-refractivity contribution is 0.433. The highest BCUT2D eigenvalue weighted by molar-refractivity contribution is 7.99. The van der Waals surface area contributed by atoms with Crippen LogP contribution in [0, 0.1) is 5.82 Å². The van der Waals surface area contributed by atoms with Crippen LogP contribution in [0.15, 0.2) is 64.1 Å². The lowest BCUT2D eigenvalue weighted by Crippen LogP contribution is -2.05. The zero-order chi connectivity index (χ0) is 24.1. The van der Waals surface area contributed by atoms with Gasteiger partial charge >= 0.3 is 0 Å². The van der Waals surface area contributed by atoms with Crippen LogP contribution in [0.2, 0.25) is 0 Å². The molecule has 0 aliphatic carbocycles. The van der Waals surface area contributed by atoms with E-state index in [0.717, 1.165) is 16.0 Å². The number of benzene rings is 2. The van der Waals surface area contributed by atoms with E-state index in [4.69, 9.17) is 10.3 Å². The number of aromatic nitrogens is 3. The molecule has 0 radical (unpaired) electrons. The van der Waals surface area contributed by atoms with Gasteiger partial charge in [-0.25, -0.2) is 14.4 Å². The van der Waals surface area contributed by atoms with Gasteiger partial charge in [0.25, 0.3) is 0 Å². The van der Waals surface area contributed by atoms with Gasteiger partial charge in [-0.05, 0) is 43.3 Å². The Balaban J connectivity index is 1.58. The van der Waals surface area contributed by atoms with Crippen molar-refractivity contribution < 1.29 is 13.3 Å². The van der Waals surface area contributed by atoms with Crippen LogP contribution in [0.25, 0.3) is 34.0 Å². The predicted molar refractivity (Wildman–Crippen MR) is 131 cm³/mol. The number of hydrogen-bond donors (Lipinski definition) is 2. The molecule has 3 N–H and O–H groups in total. The number of nitrogens with two attached hydrogens (primary N) is 1. The molecule has 0 spiro atoms. The van der Waals surface area contributed by atoms with E-state index in [1.54, 1.807) is 37.1 Å². The van der Waals surface area contributed by atoms with Crippen molar-refractivity contribution in [1.29, 1.82) is 0 Å². The van der Waals surface area contributed by atoms with Crippen molar-refractivity contribution in [1.82, 2.24) is 20.4 Å². The van der Waals surface area contributed by atoms with E-state index < -0.39 is 0 Å². The van der Waals surface area contributed by atoms with Crippen LogP contribution >= 0.6 is 11.8 Å². The van der Waals surface area contributed by atoms with Gasteiger partial charge in [-0.15, -0.1) is 11.8 Å². The molecule has 176 valence electrons. The molecule has 0 fully saturated rings. The number of halogens is 2. The van der Waals surface area contributed by atoms with E-state index in [9.17, 15) is 8.78 Å². The Hall–Kier alpha value is -3.30. The van der Waals surface area contributed by atoms with Crippen molar-refractivity contribution in [2.75, 3.05) is 19.5 Å². The second kappa shape index (κ2) is 10.8. The topological polar surface area (TPSA) is 89.9 Å². The molecule has 0 aliphatic rings. The predicted octanol–water partition coefficient (Wildman–Crippen LogP) is 5.75. The summed E-state index contributed by atoms with van der Waals surface area (Å²) < 4.78 is 32.6. The Kier molecular flexibility index (Phi) is 7.54. The fourth-order valence-electron chi connectivity index (χ4n) is 3.46. The second-order valence-electron chi connectivity index (χ2n) is 7.84. The molecule has 34 heavy (non-hydrogen) atoms. The molecule has 2 aromatic heterocycles. The lowest BCUT2D eigenvalue weighted by Gasteiger charge is -2.09. The monoisotopic (exact) mass is 481 g/mol. The van der Waals surface area contributed by atoms with E-state index in [0.29, 0.717) is 41.4 Å². The summed E-state index contributed by atoms with van der Waals surface area (Å²) in [6.45, 7) is 2.24. The van der Waals surface area contributed by atoms with Crippen molar-refractivity contribution in [2.24, 2.45) is 0 Å². The molecule has 4 rings (SSSR count). The van der Waals surface area contributed by atoms with Crippen LogP contribution in [0.5, 0.6) is 0 Å². The number of hydrogen-bond acceptors (Lipinski definition) is 7. The van der Waals surface area contributed by atoms with E-state index in [1.165, 1.54) is 6.07 Å². The van der Waals surface area contributed by atoms with Crippen molar-refractivity contribution >= 4 is 17.6 Å². The summed E-state index contributed by atoms with van der Waals surface area (Å²) in [4.78, 5) is 9.93. The number of nitrogens with one attached hydrogen (secondary N) is 1. The van der Waals surface area contributed by atoms with Crippen LogP contribution < -0.4 is 11.1 Å². The summed E-state index contributed by atoms with van der Waals surface area (Å²) in [6.07, 6.45) is 2.10. The Morgan fingerprint density at radius 3 is 2.62 bits per heavy atom. The van der Waals surface area contributed by atoms with Crippen LogP contribution in [-0.4, -0.2) is 34.1 Å². The molecule has 0 amide bonds. The number of alkyl halides is 1. The molecule has 0 saturated carbocycles. The first-order chi connectivity index (χ1) is 16.5. The second-order valence-corrected chi connectivity index (χ2v) is 9.35. The van der Waals surface area contributed by atoms with Crippen molar-refractivity contribution in [3.8, 4) is 34.0 Å². The minimum atomic E-state index is -0.390. The largest absolute Gasteiger partial charge is 0.382 e. The number of nitrogen functional groups attached to an aromatic ring is 1. The molecule has 0 aliphatic heterocycles. The minimum Gasteiger partial charge on any atom is -0.382 e. The fraction of sp³-hybridized carbons (Fsp3) is 0.240. The summed E-state index contributed by atoms with van der Waals surface area (Å²) in [5.41, 5.74) is 9.35. The Morgan fingerprint density at radius 1 is 1.12 bits per heavy atom. The Labute approximate surface area is 201 Å². The highest BCUT2D eigenvalue weighted by Crippen LogP contribution is 2.32. The third-order valence-corrected chi connectivity index (χ3v) is 6.42. The summed E-state index contributed by atoms with van der Waals surface area (Å²) in [5.74, 6) is 0.0930. The smallest absolute Gasteiger partial charge is 0.189 e. The average molecular weight is 482 g/mol. The lowest BCUT2D eigenvalue weighted by atomic mass is 10.1. The summed E-state index contributed by atoms with van der Waals surface area (Å²) in [5, 5.41) is 7.20. The van der Waals surface area contributed by atoms with E-state index in [1.807, 2.05) is 37.3 Å². The number of nitrogens with zero attached hydrogens (tertiary/aromatic N) is 3. The van der Waals surface area contributed by atoms with Gasteiger partial charge in [0, 0.05) is 33.9 Å². The van der Waals surface area contributed by atoms with Gasteiger partial charge < -0.3 is 15.6 Å². The molecular formula is C25H25F2N5OS. The summed E-state index contributed by atoms with van der Waals surface area (Å²) in [7, 11) is 1.80. The zero-order valence-electron chi connectivity index (χ0n) is 18.9. The van der Waals surface area contributed by atoms with Gasteiger partial charge in [0.2, 0.25) is 0 Å². The molecule has 6 nitrogen and oxygen atoms in total. The molecule has 0 saturated heterocycles. The van der Waals surface area contributed by atoms with E-state index in [-0.39, 0.29) is 23.6 Å². The molecule has 9 heteroatoms. The highest BCUT2D eigenvalue weighted by atomic mass is 32.2. The maximum absolute atomic E-state index is 14.6. The van der Waals surface area contributed by atoms with Crippen LogP contribution in [0.4, 0.5) is 14.6 Å². The SMILES string of the molecule is CNCc1ccc(-c2cc(-c3nc(-c4ccc(SC(C)CCF)cc4)cnc3N)on2)c(F)c1. The maximum atomic E-state index is 14.6. The highest BCUT2D eigenvalue weighted by Gasteiger charge is 2.17. The van der Waals surface area contributed by atoms with Crippen LogP contribution in [-0.2, 0) is 6.54 Å². The molecular weight excluding hydrogens is 456 g/mol. The van der Waals surface area contributed by atoms with Crippen molar-refractivity contribution in [2.45, 2.75) is 30.0 Å². The minimum absolute atomic E-state index is 0.184. The quantitative estimate of drug-likeness (QED) is 0.294. The van der Waals surface area contributed by atoms with Crippen molar-refractivity contribution in [3.05, 3.63) is 66.1 Å². The third-order valence-electron chi connectivity index (χ3n) is 5.24. The average Bonchev–Trinajstić information content (AvgIpc) is 3.30. The fourth-order valence-corrected chi connectivity index (χ4v) is 4.43. The maximum Gasteiger partial charge on any atom is 0.189 e. The van der Waals surface area contributed by atoms with Crippen LogP contribution in [0.3, 0.4) is 0 Å². The van der Waals surface area contributed by atoms with Gasteiger partial charge in [-0.2, -0.15) is 0 Å². The molecule has 0 bridgehead atoms. The summed E-state index contributed by atoms with van der Waals surface area (Å²) >= 11 is 1.63. The Morgan fingerprint density at radius 2 is 1.91 bits per heavy atom. The summed E-state index contributed by atoms with van der Waals surface area (Å²) in [6, 6.07) is 14.4. The molecule has 2 aromatic carbocycles. The molecule has 2 heterocycles. The van der Waals surface area contributed by atoms with Gasteiger partial charge in [0.1, 0.15) is 11.5 Å².